The van der Waals surface area contributed by atoms with Gasteiger partial charge in [0.15, 0.2) is 16.6 Å². The average molecular weight is 318 g/mol. The van der Waals surface area contributed by atoms with E-state index in [1.165, 1.54) is 0 Å². The maximum Gasteiger partial charge on any atom is 0.357 e. The highest BCUT2D eigenvalue weighted by Crippen LogP contribution is 2.22. The smallest absolute Gasteiger partial charge is 0.357 e. The normalized spacial score (nSPS) is 13.9. The lowest BCUT2D eigenvalue weighted by Crippen LogP contribution is -2.55. The molecule has 1 aromatic heterocycles. The van der Waals surface area contributed by atoms with Crippen LogP contribution in [0.25, 0.3) is 0 Å². The summed E-state index contributed by atoms with van der Waals surface area (Å²) < 4.78 is 17.2. The van der Waals surface area contributed by atoms with E-state index in [2.05, 4.69) is 73.7 Å². The van der Waals surface area contributed by atoms with Crippen molar-refractivity contribution in [2.45, 2.75) is 52.0 Å². The highest BCUT2D eigenvalue weighted by molar-refractivity contribution is 6.87. The van der Waals surface area contributed by atoms with E-state index in [0.717, 1.165) is 6.17 Å². The standard InChI is InChI=1S/C12H29N2O2Si3/c1-13-9-10-14(11-13)12-19(8,15-17(2,3)4)16-18(5,6)7/h9-11H,12H2,1-8H3/q+1. The molecule has 0 aliphatic rings. The molecule has 0 spiro atoms. The molecule has 0 aromatic carbocycles. The zero-order valence-corrected chi connectivity index (χ0v) is 16.7. The van der Waals surface area contributed by atoms with Crippen molar-refractivity contribution in [2.24, 2.45) is 7.05 Å². The quantitative estimate of drug-likeness (QED) is 0.596. The molecule has 0 amide bonds. The third-order valence-electron chi connectivity index (χ3n) is 2.34. The van der Waals surface area contributed by atoms with Crippen molar-refractivity contribution in [1.29, 1.82) is 0 Å². The van der Waals surface area contributed by atoms with Crippen LogP contribution in [0.4, 0.5) is 0 Å². The van der Waals surface area contributed by atoms with Crippen LogP contribution in [0.5, 0.6) is 0 Å². The Hall–Kier alpha value is -0.219. The van der Waals surface area contributed by atoms with Gasteiger partial charge in [-0.15, -0.1) is 0 Å². The van der Waals surface area contributed by atoms with Crippen molar-refractivity contribution in [1.82, 2.24) is 4.57 Å². The Kier molecular flexibility index (Phi) is 5.00. The summed E-state index contributed by atoms with van der Waals surface area (Å²) >= 11 is 0. The van der Waals surface area contributed by atoms with Crippen LogP contribution in [0.3, 0.4) is 0 Å². The highest BCUT2D eigenvalue weighted by atomic mass is 28.5. The molecule has 0 aliphatic carbocycles. The number of imidazole rings is 1. The van der Waals surface area contributed by atoms with E-state index in [0.29, 0.717) is 0 Å². The lowest BCUT2D eigenvalue weighted by Gasteiger charge is -2.37. The number of hydrogen-bond acceptors (Lipinski definition) is 2. The van der Waals surface area contributed by atoms with E-state index in [-0.39, 0.29) is 0 Å². The molecule has 110 valence electrons. The molecule has 1 aromatic rings. The predicted molar refractivity (Wildman–Crippen MR) is 86.1 cm³/mol. The highest BCUT2D eigenvalue weighted by Gasteiger charge is 2.42. The van der Waals surface area contributed by atoms with Gasteiger partial charge < -0.3 is 8.23 Å². The van der Waals surface area contributed by atoms with E-state index in [1.54, 1.807) is 0 Å². The van der Waals surface area contributed by atoms with Crippen LogP contribution in [-0.4, -0.2) is 29.8 Å². The minimum atomic E-state index is -2.17. The number of nitrogens with zero attached hydrogens (tertiary/aromatic N) is 2. The Bertz CT molecular complexity index is 405. The molecule has 0 N–H and O–H groups in total. The minimum absolute atomic E-state index is 0.863. The molecule has 7 heteroatoms. The number of aryl methyl sites for hydroxylation is 1. The van der Waals surface area contributed by atoms with Gasteiger partial charge in [0, 0.05) is 0 Å². The van der Waals surface area contributed by atoms with Crippen LogP contribution in [0, 0.1) is 0 Å². The topological polar surface area (TPSA) is 27.3 Å². The second-order valence-electron chi connectivity index (χ2n) is 7.31. The fourth-order valence-corrected chi connectivity index (χ4v) is 14.6. The Morgan fingerprint density at radius 3 is 1.74 bits per heavy atom. The van der Waals surface area contributed by atoms with Crippen molar-refractivity contribution in [3.8, 4) is 0 Å². The average Bonchev–Trinajstić information content (AvgIpc) is 2.41. The second kappa shape index (κ2) is 5.65. The molecule has 4 nitrogen and oxygen atoms in total. The maximum absolute atomic E-state index is 6.47. The Labute approximate surface area is 120 Å². The largest absolute Gasteiger partial charge is 0.434 e. The van der Waals surface area contributed by atoms with Gasteiger partial charge in [-0.2, -0.15) is 0 Å². The number of rotatable bonds is 6. The zero-order valence-electron chi connectivity index (χ0n) is 13.7. The summed E-state index contributed by atoms with van der Waals surface area (Å²) in [4.78, 5) is 0. The molecular formula is C12H29N2O2Si3+. The van der Waals surface area contributed by atoms with Crippen LogP contribution in [-0.2, 0) is 21.4 Å². The van der Waals surface area contributed by atoms with Gasteiger partial charge in [0.05, 0.1) is 7.05 Å². The molecule has 19 heavy (non-hydrogen) atoms. The predicted octanol–water partition coefficient (Wildman–Crippen LogP) is 2.63. The Morgan fingerprint density at radius 2 is 1.42 bits per heavy atom. The summed E-state index contributed by atoms with van der Waals surface area (Å²) in [5, 5.41) is 0. The second-order valence-corrected chi connectivity index (χ2v) is 20.0. The van der Waals surface area contributed by atoms with E-state index in [4.69, 9.17) is 8.23 Å². The van der Waals surface area contributed by atoms with Gasteiger partial charge in [-0.1, -0.05) is 0 Å². The molecular weight excluding hydrogens is 288 g/mol. The van der Waals surface area contributed by atoms with Crippen LogP contribution >= 0.6 is 0 Å². The zero-order chi connectivity index (χ0) is 14.9. The summed E-state index contributed by atoms with van der Waals surface area (Å²) in [6.45, 7) is 15.6. The van der Waals surface area contributed by atoms with Crippen LogP contribution < -0.4 is 4.57 Å². The van der Waals surface area contributed by atoms with Crippen LogP contribution in [0.15, 0.2) is 18.7 Å². The van der Waals surface area contributed by atoms with Crippen molar-refractivity contribution in [3.63, 3.8) is 0 Å². The molecule has 0 bridgehead atoms. The monoisotopic (exact) mass is 317 g/mol. The van der Waals surface area contributed by atoms with Gasteiger partial charge >= 0.3 is 8.56 Å². The van der Waals surface area contributed by atoms with Crippen molar-refractivity contribution >= 4 is 25.2 Å². The fourth-order valence-electron chi connectivity index (χ4n) is 2.31. The third kappa shape index (κ3) is 6.66. The van der Waals surface area contributed by atoms with Gasteiger partial charge in [0.2, 0.25) is 6.33 Å². The van der Waals surface area contributed by atoms with Gasteiger partial charge in [0.25, 0.3) is 0 Å². The molecule has 0 radical (unpaired) electrons. The van der Waals surface area contributed by atoms with E-state index < -0.39 is 25.2 Å². The minimum Gasteiger partial charge on any atom is -0.434 e. The summed E-state index contributed by atoms with van der Waals surface area (Å²) in [5.41, 5.74) is 0. The molecule has 1 rings (SSSR count). The Balaban J connectivity index is 2.91. The van der Waals surface area contributed by atoms with Gasteiger partial charge in [0.1, 0.15) is 18.6 Å². The van der Waals surface area contributed by atoms with Crippen molar-refractivity contribution < 1.29 is 12.8 Å². The first-order valence-corrected chi connectivity index (χ1v) is 16.1. The third-order valence-corrected chi connectivity index (χ3v) is 11.6. The molecule has 0 unspecified atom stereocenters. The van der Waals surface area contributed by atoms with Crippen LogP contribution in [0.1, 0.15) is 0 Å². The number of hydrogen-bond donors (Lipinski definition) is 0. The summed E-state index contributed by atoms with van der Waals surface area (Å²) in [7, 11) is -3.34. The SMILES string of the molecule is C[n+]1ccn(C[Si](C)(O[Si](C)(C)C)O[Si](C)(C)C)c1. The molecule has 0 fully saturated rings. The van der Waals surface area contributed by atoms with Gasteiger partial charge in [-0.05, 0) is 45.8 Å². The summed E-state index contributed by atoms with van der Waals surface area (Å²) in [6, 6.07) is 0. The molecule has 0 aliphatic heterocycles. The summed E-state index contributed by atoms with van der Waals surface area (Å²) in [6.07, 6.45) is 7.10. The fraction of sp³-hybridized carbons (Fsp3) is 0.750. The lowest BCUT2D eigenvalue weighted by molar-refractivity contribution is -0.671. The van der Waals surface area contributed by atoms with Gasteiger partial charge in [-0.25, -0.2) is 9.13 Å². The van der Waals surface area contributed by atoms with Gasteiger partial charge in [-0.3, -0.25) is 0 Å². The van der Waals surface area contributed by atoms with Crippen LogP contribution in [0.2, 0.25) is 45.8 Å². The Morgan fingerprint density at radius 1 is 0.947 bits per heavy atom. The maximum atomic E-state index is 6.47. The number of aromatic nitrogens is 2. The first-order valence-electron chi connectivity index (χ1n) is 6.80. The van der Waals surface area contributed by atoms with Crippen molar-refractivity contribution in [2.75, 3.05) is 0 Å². The first-order chi connectivity index (χ1) is 8.39. The molecule has 0 saturated heterocycles. The molecule has 1 heterocycles. The van der Waals surface area contributed by atoms with E-state index >= 15 is 0 Å². The van der Waals surface area contributed by atoms with Crippen molar-refractivity contribution in [3.05, 3.63) is 18.7 Å². The van der Waals surface area contributed by atoms with E-state index in [1.807, 2.05) is 7.05 Å². The first kappa shape index (κ1) is 16.8. The molecule has 0 atom stereocenters. The summed E-state index contributed by atoms with van der Waals surface area (Å²) in [5.74, 6) is 0. The van der Waals surface area contributed by atoms with E-state index in [9.17, 15) is 0 Å². The lowest BCUT2D eigenvalue weighted by atomic mass is 10.9. The molecule has 0 saturated carbocycles.